The number of carbonyl (C=O) groups is 1. The first kappa shape index (κ1) is 29.0. The Bertz CT molecular complexity index is 1170. The average Bonchev–Trinajstić information content (AvgIpc) is 3.10. The molecule has 3 unspecified atom stereocenters. The maximum atomic E-state index is 15.6. The summed E-state index contributed by atoms with van der Waals surface area (Å²) in [6.07, 6.45) is -1.24. The highest BCUT2D eigenvalue weighted by molar-refractivity contribution is 7.52. The molecule has 1 fully saturated rings. The van der Waals surface area contributed by atoms with Crippen molar-refractivity contribution in [3.8, 4) is 5.75 Å². The van der Waals surface area contributed by atoms with E-state index in [1.165, 1.54) is 25.1 Å². The van der Waals surface area contributed by atoms with E-state index >= 15 is 4.39 Å². The lowest BCUT2D eigenvalue weighted by Crippen LogP contribution is -2.39. The molecule has 0 saturated carbocycles. The van der Waals surface area contributed by atoms with Gasteiger partial charge in [-0.2, -0.15) is 10.1 Å². The summed E-state index contributed by atoms with van der Waals surface area (Å²) >= 11 is 6.09. The predicted molar refractivity (Wildman–Crippen MR) is 132 cm³/mol. The first-order chi connectivity index (χ1) is 17.5. The van der Waals surface area contributed by atoms with Crippen molar-refractivity contribution in [2.45, 2.75) is 43.8 Å². The number of aromatic nitrogens is 2. The highest BCUT2D eigenvalue weighted by Crippen LogP contribution is 2.51. The number of aliphatic hydroxyl groups excluding tert-OH is 1. The van der Waals surface area contributed by atoms with Gasteiger partial charge in [-0.1, -0.05) is 36.7 Å². The second-order valence-electron chi connectivity index (χ2n) is 8.25. The van der Waals surface area contributed by atoms with E-state index in [1.54, 1.807) is 18.2 Å². The molecule has 2 heterocycles. The number of halogens is 2. The van der Waals surface area contributed by atoms with Crippen molar-refractivity contribution < 1.29 is 37.4 Å². The quantitative estimate of drug-likeness (QED) is 0.197. The molecular formula is C22H29ClFN4O8P. The lowest BCUT2D eigenvalue weighted by Gasteiger charge is -2.26. The summed E-state index contributed by atoms with van der Waals surface area (Å²) in [6.45, 7) is 2.01. The Hall–Kier alpha value is -2.54. The van der Waals surface area contributed by atoms with Gasteiger partial charge in [0.1, 0.15) is 17.6 Å². The number of nitrogens with zero attached hydrogens (tertiary/aromatic N) is 2. The molecule has 0 bridgehead atoms. The molecule has 15 heteroatoms. The van der Waals surface area contributed by atoms with Crippen LogP contribution >= 0.6 is 19.3 Å². The van der Waals surface area contributed by atoms with Gasteiger partial charge in [-0.05, 0) is 31.5 Å². The molecule has 0 aliphatic carbocycles. The largest absolute Gasteiger partial charge is 0.465 e. The third-order valence-electron chi connectivity index (χ3n) is 5.41. The molecular weight excluding hydrogens is 534 g/mol. The highest BCUT2D eigenvalue weighted by atomic mass is 35.5. The van der Waals surface area contributed by atoms with Crippen LogP contribution in [0.1, 0.15) is 26.5 Å². The van der Waals surface area contributed by atoms with Crippen molar-refractivity contribution in [2.75, 3.05) is 25.6 Å². The summed E-state index contributed by atoms with van der Waals surface area (Å²) in [5.41, 5.74) is 4.56. The van der Waals surface area contributed by atoms with Crippen LogP contribution in [-0.2, 0) is 23.4 Å². The minimum absolute atomic E-state index is 0.0893. The number of nitrogens with one attached hydrogen (secondary N) is 1. The smallest absolute Gasteiger partial charge is 0.459 e. The Labute approximate surface area is 217 Å². The third kappa shape index (κ3) is 7.07. The van der Waals surface area contributed by atoms with Crippen molar-refractivity contribution in [1.82, 2.24) is 14.6 Å². The van der Waals surface area contributed by atoms with Gasteiger partial charge in [-0.3, -0.25) is 13.9 Å². The number of anilines is 1. The standard InChI is InChI=1S/C22H29ClFN4O8P/c1-3-11-33-19(30)14(2)27-37(32,36-15-7-5-4-6-8-15)34-13-17-16(12-29)22(23,24)20(35-17)28-10-9-18(25)26-21(28)31/h4-10,14,16-17,20,29H,3,11-13H2,1-2H3,(H,27,32)(H2,25,26,31)/t14-,16?,17+,20+,22?,37?/m0/s1. The van der Waals surface area contributed by atoms with Crippen molar-refractivity contribution >= 4 is 31.1 Å². The number of hydrogen-bond donors (Lipinski definition) is 3. The Morgan fingerprint density at radius 3 is 2.73 bits per heavy atom. The molecule has 0 radical (unpaired) electrons. The molecule has 0 amide bonds. The van der Waals surface area contributed by atoms with Gasteiger partial charge in [0.05, 0.1) is 31.8 Å². The van der Waals surface area contributed by atoms with Crippen molar-refractivity contribution in [3.63, 3.8) is 0 Å². The Morgan fingerprint density at radius 2 is 2.11 bits per heavy atom. The van der Waals surface area contributed by atoms with Gasteiger partial charge in [0.2, 0.25) is 5.13 Å². The summed E-state index contributed by atoms with van der Waals surface area (Å²) < 4.78 is 51.8. The Balaban J connectivity index is 1.81. The summed E-state index contributed by atoms with van der Waals surface area (Å²) in [6, 6.07) is 8.16. The van der Waals surface area contributed by atoms with Gasteiger partial charge >= 0.3 is 19.4 Å². The number of hydrogen-bond acceptors (Lipinski definition) is 10. The first-order valence-electron chi connectivity index (χ1n) is 11.4. The maximum Gasteiger partial charge on any atom is 0.459 e. The fourth-order valence-corrected chi connectivity index (χ4v) is 5.40. The fraction of sp³-hybridized carbons (Fsp3) is 0.500. The number of para-hydroxylation sites is 1. The molecule has 6 atom stereocenters. The monoisotopic (exact) mass is 562 g/mol. The maximum absolute atomic E-state index is 15.6. The summed E-state index contributed by atoms with van der Waals surface area (Å²) in [4.78, 5) is 28.0. The van der Waals surface area contributed by atoms with Crippen LogP contribution in [0.25, 0.3) is 0 Å². The van der Waals surface area contributed by atoms with Crippen LogP contribution in [0.4, 0.5) is 10.2 Å². The van der Waals surface area contributed by atoms with Crippen LogP contribution in [0.15, 0.2) is 47.4 Å². The zero-order valence-electron chi connectivity index (χ0n) is 20.2. The van der Waals surface area contributed by atoms with Gasteiger partial charge < -0.3 is 24.8 Å². The lowest BCUT2D eigenvalue weighted by molar-refractivity contribution is -0.145. The normalized spacial score (nSPS) is 25.8. The number of aliphatic hydroxyl groups is 1. The summed E-state index contributed by atoms with van der Waals surface area (Å²) in [7, 11) is -4.30. The number of carbonyl (C=O) groups excluding carboxylic acids is 1. The topological polar surface area (TPSA) is 164 Å². The summed E-state index contributed by atoms with van der Waals surface area (Å²) in [5, 5.41) is 9.59. The minimum atomic E-state index is -4.30. The van der Waals surface area contributed by atoms with E-state index in [1.807, 2.05) is 6.92 Å². The van der Waals surface area contributed by atoms with Crippen LogP contribution in [-0.4, -0.2) is 57.7 Å². The number of rotatable bonds is 12. The predicted octanol–water partition coefficient (Wildman–Crippen LogP) is 2.37. The molecule has 1 saturated heterocycles. The van der Waals surface area contributed by atoms with Crippen LogP contribution in [0.5, 0.6) is 5.75 Å². The van der Waals surface area contributed by atoms with Gasteiger partial charge in [-0.25, -0.2) is 13.8 Å². The molecule has 1 aliphatic heterocycles. The van der Waals surface area contributed by atoms with Gasteiger partial charge in [0.15, 0.2) is 6.23 Å². The molecule has 37 heavy (non-hydrogen) atoms. The zero-order valence-corrected chi connectivity index (χ0v) is 21.8. The minimum Gasteiger partial charge on any atom is -0.465 e. The van der Waals surface area contributed by atoms with Crippen molar-refractivity contribution in [2.24, 2.45) is 5.92 Å². The average molecular weight is 563 g/mol. The van der Waals surface area contributed by atoms with Gasteiger partial charge in [0, 0.05) is 6.20 Å². The number of nitrogen functional groups attached to an aromatic ring is 1. The number of ether oxygens (including phenoxy) is 2. The number of benzene rings is 1. The first-order valence-corrected chi connectivity index (χ1v) is 13.3. The molecule has 1 aliphatic rings. The lowest BCUT2D eigenvalue weighted by atomic mass is 10.00. The molecule has 3 rings (SSSR count). The Kier molecular flexibility index (Phi) is 9.68. The van der Waals surface area contributed by atoms with Gasteiger partial charge in [0.25, 0.3) is 0 Å². The number of esters is 1. The van der Waals surface area contributed by atoms with E-state index in [2.05, 4.69) is 10.1 Å². The molecule has 1 aromatic carbocycles. The van der Waals surface area contributed by atoms with Crippen molar-refractivity contribution in [3.05, 3.63) is 53.1 Å². The van der Waals surface area contributed by atoms with E-state index in [0.29, 0.717) is 6.42 Å². The van der Waals surface area contributed by atoms with Gasteiger partial charge in [-0.15, -0.1) is 0 Å². The number of nitrogens with two attached hydrogens (primary N) is 1. The zero-order chi connectivity index (χ0) is 27.2. The second-order valence-corrected chi connectivity index (χ2v) is 10.5. The van der Waals surface area contributed by atoms with E-state index in [9.17, 15) is 19.3 Å². The van der Waals surface area contributed by atoms with Crippen molar-refractivity contribution in [1.29, 1.82) is 0 Å². The van der Waals surface area contributed by atoms with Crippen LogP contribution in [0.2, 0.25) is 0 Å². The molecule has 4 N–H and O–H groups in total. The summed E-state index contributed by atoms with van der Waals surface area (Å²) in [5.74, 6) is -2.02. The fourth-order valence-electron chi connectivity index (χ4n) is 3.53. The molecule has 12 nitrogen and oxygen atoms in total. The molecule has 1 aromatic heterocycles. The van der Waals surface area contributed by atoms with E-state index in [0.717, 1.165) is 10.8 Å². The van der Waals surface area contributed by atoms with E-state index < -0.39 is 62.0 Å². The Morgan fingerprint density at radius 1 is 1.41 bits per heavy atom. The molecule has 0 spiro atoms. The van der Waals surface area contributed by atoms with Crippen LogP contribution < -0.4 is 21.0 Å². The van der Waals surface area contributed by atoms with Crippen LogP contribution in [0.3, 0.4) is 0 Å². The third-order valence-corrected chi connectivity index (χ3v) is 7.52. The second kappa shape index (κ2) is 12.3. The molecule has 204 valence electrons. The highest BCUT2D eigenvalue weighted by Gasteiger charge is 2.58. The van der Waals surface area contributed by atoms with Crippen LogP contribution in [0, 0.1) is 5.92 Å². The SMILES string of the molecule is CCCOC(=O)[C@H](C)NP(=O)(OC[C@H]1O[C@@H](n2ccc(N)nc2=O)C(F)(Cl)C1CO)Oc1ccccc1. The molecule has 2 aromatic rings. The van der Waals surface area contributed by atoms with E-state index in [4.69, 9.17) is 35.9 Å². The number of alkyl halides is 2. The van der Waals surface area contributed by atoms with E-state index in [-0.39, 0.29) is 18.2 Å².